The molecule has 0 fully saturated rings. The Morgan fingerprint density at radius 2 is 1.92 bits per heavy atom. The fourth-order valence-corrected chi connectivity index (χ4v) is 4.56. The highest BCUT2D eigenvalue weighted by atomic mass is 19.1. The maximum atomic E-state index is 14.5. The molecule has 12 heteroatoms. The molecule has 3 heterocycles. The number of halogens is 1. The SMILES string of the molecule is COc1ccc(N2C(=O)[C@@H](C)N(CCC(C)C)c3nc(Nc4cc(F)c5[nH]c(=O)oc5c4)ncc32)cc1OC. The molecule has 39 heavy (non-hydrogen) atoms. The summed E-state index contributed by atoms with van der Waals surface area (Å²) in [5.41, 5.74) is 1.42. The molecule has 5 rings (SSSR count). The second-order valence-electron chi connectivity index (χ2n) is 9.64. The molecule has 2 aromatic heterocycles. The summed E-state index contributed by atoms with van der Waals surface area (Å²) in [5.74, 6) is 0.612. The highest BCUT2D eigenvalue weighted by Gasteiger charge is 2.38. The molecule has 1 amide bonds. The Bertz CT molecular complexity index is 1600. The minimum absolute atomic E-state index is 0.0188. The van der Waals surface area contributed by atoms with Gasteiger partial charge in [-0.05, 0) is 37.5 Å². The number of methoxy groups -OCH3 is 2. The molecule has 0 radical (unpaired) electrons. The standard InChI is InChI=1S/C27H29FN6O5/c1-14(2)8-9-33-15(3)25(35)34(17-6-7-20(37-4)21(12-17)38-5)19-13-29-26(32-24(19)33)30-16-10-18(28)23-22(11-16)39-27(36)31-23/h6-7,10-15H,8-9H2,1-5H3,(H,31,36)(H,29,30,32)/t15-/m1/s1. The third-order valence-electron chi connectivity index (χ3n) is 6.62. The van der Waals surface area contributed by atoms with Crippen molar-refractivity contribution in [2.45, 2.75) is 33.2 Å². The number of oxazole rings is 1. The third kappa shape index (κ3) is 4.85. The molecule has 0 saturated carbocycles. The molecule has 11 nitrogen and oxygen atoms in total. The quantitative estimate of drug-likeness (QED) is 0.329. The number of nitrogens with zero attached hydrogens (tertiary/aromatic N) is 4. The summed E-state index contributed by atoms with van der Waals surface area (Å²) >= 11 is 0. The first kappa shape index (κ1) is 26.0. The minimum atomic E-state index is -0.749. The number of ether oxygens (including phenoxy) is 2. The van der Waals surface area contributed by atoms with Crippen molar-refractivity contribution in [3.63, 3.8) is 0 Å². The van der Waals surface area contributed by atoms with Gasteiger partial charge in [-0.1, -0.05) is 13.8 Å². The van der Waals surface area contributed by atoms with Crippen molar-refractivity contribution < 1.29 is 23.1 Å². The van der Waals surface area contributed by atoms with Crippen molar-refractivity contribution in [3.8, 4) is 11.5 Å². The van der Waals surface area contributed by atoms with Gasteiger partial charge >= 0.3 is 5.76 Å². The number of nitrogens with one attached hydrogen (secondary N) is 2. The number of fused-ring (bicyclic) bond motifs is 2. The van der Waals surface area contributed by atoms with Crippen LogP contribution in [0.2, 0.25) is 0 Å². The lowest BCUT2D eigenvalue weighted by atomic mass is 10.1. The Morgan fingerprint density at radius 3 is 2.64 bits per heavy atom. The van der Waals surface area contributed by atoms with Crippen LogP contribution in [0.4, 0.5) is 33.2 Å². The maximum absolute atomic E-state index is 14.5. The summed E-state index contributed by atoms with van der Waals surface area (Å²) in [6, 6.07) is 7.42. The second kappa shape index (κ2) is 10.3. The number of amides is 1. The van der Waals surface area contributed by atoms with Gasteiger partial charge in [-0.25, -0.2) is 14.2 Å². The van der Waals surface area contributed by atoms with Crippen molar-refractivity contribution in [3.05, 3.63) is 52.9 Å². The number of carbonyl (C=O) groups is 1. The van der Waals surface area contributed by atoms with E-state index in [9.17, 15) is 14.0 Å². The van der Waals surface area contributed by atoms with E-state index >= 15 is 0 Å². The Labute approximate surface area is 223 Å². The van der Waals surface area contributed by atoms with Gasteiger partial charge in [0.2, 0.25) is 5.95 Å². The normalized spacial score (nSPS) is 15.2. The number of aromatic amines is 1. The molecular weight excluding hydrogens is 507 g/mol. The predicted octanol–water partition coefficient (Wildman–Crippen LogP) is 4.73. The summed E-state index contributed by atoms with van der Waals surface area (Å²) in [6.07, 6.45) is 2.40. The molecular formula is C27H29FN6O5. The van der Waals surface area contributed by atoms with Gasteiger partial charge in [-0.15, -0.1) is 0 Å². The van der Waals surface area contributed by atoms with Crippen molar-refractivity contribution in [1.82, 2.24) is 15.0 Å². The van der Waals surface area contributed by atoms with Crippen LogP contribution in [0.1, 0.15) is 27.2 Å². The van der Waals surface area contributed by atoms with Gasteiger partial charge in [0.05, 0.1) is 26.1 Å². The van der Waals surface area contributed by atoms with Crippen LogP contribution in [0.5, 0.6) is 11.5 Å². The molecule has 204 valence electrons. The molecule has 1 atom stereocenters. The van der Waals surface area contributed by atoms with Crippen LogP contribution in [0.25, 0.3) is 11.1 Å². The van der Waals surface area contributed by atoms with Crippen LogP contribution >= 0.6 is 0 Å². The van der Waals surface area contributed by atoms with E-state index in [4.69, 9.17) is 18.9 Å². The second-order valence-corrected chi connectivity index (χ2v) is 9.64. The van der Waals surface area contributed by atoms with Gasteiger partial charge in [-0.3, -0.25) is 14.7 Å². The van der Waals surface area contributed by atoms with Crippen LogP contribution < -0.4 is 30.3 Å². The average Bonchev–Trinajstić information content (AvgIpc) is 3.29. The summed E-state index contributed by atoms with van der Waals surface area (Å²) in [4.78, 5) is 40.2. The van der Waals surface area contributed by atoms with Crippen LogP contribution in [-0.4, -0.2) is 47.7 Å². The van der Waals surface area contributed by atoms with Gasteiger partial charge in [-0.2, -0.15) is 4.98 Å². The lowest BCUT2D eigenvalue weighted by Crippen LogP contribution is -2.51. The molecule has 0 unspecified atom stereocenters. The molecule has 1 aliphatic rings. The molecule has 0 saturated heterocycles. The first-order valence-electron chi connectivity index (χ1n) is 12.5. The largest absolute Gasteiger partial charge is 0.493 e. The number of rotatable bonds is 8. The van der Waals surface area contributed by atoms with Crippen LogP contribution in [-0.2, 0) is 4.79 Å². The van der Waals surface area contributed by atoms with Crippen LogP contribution in [0.15, 0.2) is 45.7 Å². The van der Waals surface area contributed by atoms with Crippen LogP contribution in [0.3, 0.4) is 0 Å². The predicted molar refractivity (Wildman–Crippen MR) is 145 cm³/mol. The number of hydrogen-bond donors (Lipinski definition) is 2. The number of aromatic nitrogens is 3. The van der Waals surface area contributed by atoms with Crippen molar-refractivity contribution in [2.24, 2.45) is 5.92 Å². The average molecular weight is 537 g/mol. The van der Waals surface area contributed by atoms with Crippen molar-refractivity contribution in [1.29, 1.82) is 0 Å². The van der Waals surface area contributed by atoms with Gasteiger partial charge in [0.25, 0.3) is 5.91 Å². The first-order chi connectivity index (χ1) is 18.7. The highest BCUT2D eigenvalue weighted by Crippen LogP contribution is 2.42. The fraction of sp³-hybridized carbons (Fsp3) is 0.333. The number of hydrogen-bond acceptors (Lipinski definition) is 9. The lowest BCUT2D eigenvalue weighted by molar-refractivity contribution is -0.119. The highest BCUT2D eigenvalue weighted by molar-refractivity contribution is 6.10. The van der Waals surface area contributed by atoms with E-state index in [1.54, 1.807) is 36.4 Å². The van der Waals surface area contributed by atoms with Crippen molar-refractivity contribution >= 4 is 45.8 Å². The Kier molecular flexibility index (Phi) is 6.85. The summed E-state index contributed by atoms with van der Waals surface area (Å²) < 4.78 is 30.4. The van der Waals surface area contributed by atoms with E-state index in [1.807, 2.05) is 11.8 Å². The van der Waals surface area contributed by atoms with Crippen molar-refractivity contribution in [2.75, 3.05) is 35.9 Å². The summed E-state index contributed by atoms with van der Waals surface area (Å²) in [5, 5.41) is 2.99. The first-order valence-corrected chi connectivity index (χ1v) is 12.5. The number of H-pyrrole nitrogens is 1. The summed E-state index contributed by atoms with van der Waals surface area (Å²) in [7, 11) is 3.08. The molecule has 0 bridgehead atoms. The topological polar surface area (TPSA) is 126 Å². The zero-order valence-electron chi connectivity index (χ0n) is 22.2. The van der Waals surface area contributed by atoms with E-state index in [2.05, 4.69) is 29.1 Å². The van der Waals surface area contributed by atoms with Gasteiger partial charge in [0, 0.05) is 24.4 Å². The summed E-state index contributed by atoms with van der Waals surface area (Å²) in [6.45, 7) is 6.67. The van der Waals surface area contributed by atoms with E-state index < -0.39 is 17.6 Å². The molecule has 1 aliphatic heterocycles. The van der Waals surface area contributed by atoms with Gasteiger partial charge in [0.1, 0.15) is 17.2 Å². The number of benzene rings is 2. The molecule has 0 spiro atoms. The number of anilines is 5. The fourth-order valence-electron chi connectivity index (χ4n) is 4.56. The maximum Gasteiger partial charge on any atom is 0.417 e. The third-order valence-corrected chi connectivity index (χ3v) is 6.62. The number of carbonyl (C=O) groups excluding carboxylic acids is 1. The minimum Gasteiger partial charge on any atom is -0.493 e. The van der Waals surface area contributed by atoms with E-state index in [-0.39, 0.29) is 23.0 Å². The van der Waals surface area contributed by atoms with Gasteiger partial charge < -0.3 is 24.1 Å². The van der Waals surface area contributed by atoms with E-state index in [1.165, 1.54) is 19.2 Å². The molecule has 2 N–H and O–H groups in total. The zero-order valence-corrected chi connectivity index (χ0v) is 22.2. The monoisotopic (exact) mass is 536 g/mol. The van der Waals surface area contributed by atoms with E-state index in [0.29, 0.717) is 46.8 Å². The van der Waals surface area contributed by atoms with Gasteiger partial charge in [0.15, 0.2) is 28.7 Å². The molecule has 0 aliphatic carbocycles. The van der Waals surface area contributed by atoms with E-state index in [0.717, 1.165) is 6.42 Å². The Hall–Kier alpha value is -4.61. The van der Waals surface area contributed by atoms with Crippen LogP contribution in [0, 0.1) is 11.7 Å². The Balaban J connectivity index is 1.58. The molecule has 4 aromatic rings. The smallest absolute Gasteiger partial charge is 0.417 e. The Morgan fingerprint density at radius 1 is 1.15 bits per heavy atom. The lowest BCUT2D eigenvalue weighted by Gasteiger charge is -2.40. The zero-order chi connectivity index (χ0) is 27.8. The molecule has 2 aromatic carbocycles.